The van der Waals surface area contributed by atoms with Gasteiger partial charge < -0.3 is 19.9 Å². The standard InChI is InChI=1S/C12H25NO3/c1-15-11(16-2)8-13-9-12(10-14)6-4-3-5-7-12/h11,13-14H,3-10H2,1-2H3. The molecule has 1 rings (SSSR count). The highest BCUT2D eigenvalue weighted by atomic mass is 16.7. The van der Waals surface area contributed by atoms with Crippen molar-refractivity contribution in [2.24, 2.45) is 5.41 Å². The zero-order valence-electron chi connectivity index (χ0n) is 10.5. The highest BCUT2D eigenvalue weighted by molar-refractivity contribution is 4.84. The van der Waals surface area contributed by atoms with E-state index in [9.17, 15) is 5.11 Å². The number of hydrogen-bond acceptors (Lipinski definition) is 4. The molecule has 0 aromatic heterocycles. The molecule has 0 aromatic rings. The molecule has 96 valence electrons. The summed E-state index contributed by atoms with van der Waals surface area (Å²) < 4.78 is 10.2. The first-order valence-electron chi connectivity index (χ1n) is 6.13. The second-order valence-electron chi connectivity index (χ2n) is 4.75. The molecule has 0 aliphatic heterocycles. The van der Waals surface area contributed by atoms with Crippen LogP contribution >= 0.6 is 0 Å². The van der Waals surface area contributed by atoms with Crippen molar-refractivity contribution < 1.29 is 14.6 Å². The highest BCUT2D eigenvalue weighted by Gasteiger charge is 2.30. The van der Waals surface area contributed by atoms with Crippen molar-refractivity contribution in [1.29, 1.82) is 0 Å². The zero-order chi connectivity index (χ0) is 11.9. The van der Waals surface area contributed by atoms with E-state index in [1.54, 1.807) is 14.2 Å². The Morgan fingerprint density at radius 3 is 2.31 bits per heavy atom. The van der Waals surface area contributed by atoms with Crippen LogP contribution in [-0.4, -0.2) is 45.3 Å². The summed E-state index contributed by atoms with van der Waals surface area (Å²) in [5, 5.41) is 12.9. The van der Waals surface area contributed by atoms with Crippen molar-refractivity contribution in [3.05, 3.63) is 0 Å². The van der Waals surface area contributed by atoms with Crippen molar-refractivity contribution in [2.45, 2.75) is 38.4 Å². The molecule has 16 heavy (non-hydrogen) atoms. The Bertz CT molecular complexity index is 177. The number of ether oxygens (including phenoxy) is 2. The second-order valence-corrected chi connectivity index (χ2v) is 4.75. The van der Waals surface area contributed by atoms with E-state index < -0.39 is 0 Å². The maximum absolute atomic E-state index is 9.52. The molecular weight excluding hydrogens is 206 g/mol. The molecule has 0 amide bonds. The van der Waals surface area contributed by atoms with Gasteiger partial charge in [-0.2, -0.15) is 0 Å². The lowest BCUT2D eigenvalue weighted by molar-refractivity contribution is -0.100. The van der Waals surface area contributed by atoms with E-state index in [4.69, 9.17) is 9.47 Å². The first kappa shape index (κ1) is 13.9. The van der Waals surface area contributed by atoms with Crippen LogP contribution < -0.4 is 5.32 Å². The number of aliphatic hydroxyl groups is 1. The van der Waals surface area contributed by atoms with Crippen LogP contribution in [0.15, 0.2) is 0 Å². The molecule has 4 heteroatoms. The summed E-state index contributed by atoms with van der Waals surface area (Å²) in [5.41, 5.74) is 0.0876. The number of methoxy groups -OCH3 is 2. The summed E-state index contributed by atoms with van der Waals surface area (Å²) in [6, 6.07) is 0. The molecule has 2 N–H and O–H groups in total. The third kappa shape index (κ3) is 4.01. The van der Waals surface area contributed by atoms with E-state index in [1.165, 1.54) is 19.3 Å². The van der Waals surface area contributed by atoms with Crippen LogP contribution in [0.25, 0.3) is 0 Å². The summed E-state index contributed by atoms with van der Waals surface area (Å²) in [4.78, 5) is 0. The molecule has 1 aliphatic carbocycles. The maximum Gasteiger partial charge on any atom is 0.169 e. The van der Waals surface area contributed by atoms with Crippen molar-refractivity contribution >= 4 is 0 Å². The van der Waals surface area contributed by atoms with Gasteiger partial charge in [-0.3, -0.25) is 0 Å². The Kier molecular flexibility index (Phi) is 6.28. The third-order valence-electron chi connectivity index (χ3n) is 3.59. The topological polar surface area (TPSA) is 50.7 Å². The summed E-state index contributed by atoms with van der Waals surface area (Å²) >= 11 is 0. The van der Waals surface area contributed by atoms with Crippen molar-refractivity contribution in [3.63, 3.8) is 0 Å². The minimum Gasteiger partial charge on any atom is -0.396 e. The van der Waals surface area contributed by atoms with E-state index in [1.807, 2.05) is 0 Å². The van der Waals surface area contributed by atoms with Gasteiger partial charge in [0.05, 0.1) is 0 Å². The van der Waals surface area contributed by atoms with Crippen LogP contribution in [0, 0.1) is 5.41 Å². The van der Waals surface area contributed by atoms with E-state index >= 15 is 0 Å². The van der Waals surface area contributed by atoms with E-state index in [0.29, 0.717) is 6.54 Å². The van der Waals surface area contributed by atoms with Gasteiger partial charge in [0, 0.05) is 39.3 Å². The average Bonchev–Trinajstić information content (AvgIpc) is 2.36. The summed E-state index contributed by atoms with van der Waals surface area (Å²) in [6.07, 6.45) is 5.84. The van der Waals surface area contributed by atoms with Crippen LogP contribution in [0.5, 0.6) is 0 Å². The number of aliphatic hydroxyl groups excluding tert-OH is 1. The van der Waals surface area contributed by atoms with Gasteiger partial charge in [-0.15, -0.1) is 0 Å². The van der Waals surface area contributed by atoms with E-state index in [-0.39, 0.29) is 18.3 Å². The lowest BCUT2D eigenvalue weighted by Crippen LogP contribution is -2.42. The van der Waals surface area contributed by atoms with Gasteiger partial charge in [0.25, 0.3) is 0 Å². The Labute approximate surface area is 98.3 Å². The predicted octanol–water partition coefficient (Wildman–Crippen LogP) is 1.14. The molecule has 0 spiro atoms. The first-order chi connectivity index (χ1) is 7.76. The van der Waals surface area contributed by atoms with Crippen LogP contribution in [-0.2, 0) is 9.47 Å². The Hall–Kier alpha value is -0.160. The molecule has 1 saturated carbocycles. The van der Waals surface area contributed by atoms with Crippen molar-refractivity contribution in [2.75, 3.05) is 33.9 Å². The molecule has 0 atom stereocenters. The van der Waals surface area contributed by atoms with Crippen LogP contribution in [0.2, 0.25) is 0 Å². The molecule has 1 fully saturated rings. The number of rotatable bonds is 7. The fourth-order valence-electron chi connectivity index (χ4n) is 2.41. The minimum atomic E-state index is -0.195. The lowest BCUT2D eigenvalue weighted by Gasteiger charge is -2.36. The molecular formula is C12H25NO3. The van der Waals surface area contributed by atoms with Gasteiger partial charge in [0.1, 0.15) is 0 Å². The fourth-order valence-corrected chi connectivity index (χ4v) is 2.41. The Morgan fingerprint density at radius 2 is 1.81 bits per heavy atom. The third-order valence-corrected chi connectivity index (χ3v) is 3.59. The second kappa shape index (κ2) is 7.22. The largest absolute Gasteiger partial charge is 0.396 e. The minimum absolute atomic E-state index is 0.0876. The Morgan fingerprint density at radius 1 is 1.19 bits per heavy atom. The van der Waals surface area contributed by atoms with E-state index in [2.05, 4.69) is 5.32 Å². The quantitative estimate of drug-likeness (QED) is 0.645. The van der Waals surface area contributed by atoms with Crippen molar-refractivity contribution in [1.82, 2.24) is 5.32 Å². The normalized spacial score (nSPS) is 20.2. The fraction of sp³-hybridized carbons (Fsp3) is 1.00. The number of nitrogens with one attached hydrogen (secondary N) is 1. The molecule has 0 bridgehead atoms. The van der Waals surface area contributed by atoms with Gasteiger partial charge in [-0.25, -0.2) is 0 Å². The van der Waals surface area contributed by atoms with Gasteiger partial charge in [-0.1, -0.05) is 19.3 Å². The molecule has 0 radical (unpaired) electrons. The summed E-state index contributed by atoms with van der Waals surface area (Å²) in [7, 11) is 3.27. The first-order valence-corrected chi connectivity index (χ1v) is 6.13. The molecule has 0 unspecified atom stereocenters. The summed E-state index contributed by atoms with van der Waals surface area (Å²) in [6.45, 7) is 1.81. The number of hydrogen-bond donors (Lipinski definition) is 2. The monoisotopic (exact) mass is 231 g/mol. The van der Waals surface area contributed by atoms with Crippen LogP contribution in [0.4, 0.5) is 0 Å². The summed E-state index contributed by atoms with van der Waals surface area (Å²) in [5.74, 6) is 0. The molecule has 0 saturated heterocycles. The lowest BCUT2D eigenvalue weighted by atomic mass is 9.74. The predicted molar refractivity (Wildman–Crippen MR) is 63.3 cm³/mol. The maximum atomic E-state index is 9.52. The SMILES string of the molecule is COC(CNCC1(CO)CCCCC1)OC. The van der Waals surface area contributed by atoms with Gasteiger partial charge in [0.15, 0.2) is 6.29 Å². The molecule has 0 aromatic carbocycles. The highest BCUT2D eigenvalue weighted by Crippen LogP contribution is 2.35. The van der Waals surface area contributed by atoms with Crippen molar-refractivity contribution in [3.8, 4) is 0 Å². The zero-order valence-corrected chi connectivity index (χ0v) is 10.5. The smallest absolute Gasteiger partial charge is 0.169 e. The molecule has 1 aliphatic rings. The van der Waals surface area contributed by atoms with Gasteiger partial charge in [0.2, 0.25) is 0 Å². The molecule has 4 nitrogen and oxygen atoms in total. The van der Waals surface area contributed by atoms with Crippen LogP contribution in [0.3, 0.4) is 0 Å². The molecule has 0 heterocycles. The van der Waals surface area contributed by atoms with Gasteiger partial charge in [-0.05, 0) is 12.8 Å². The Balaban J connectivity index is 2.27. The average molecular weight is 231 g/mol. The van der Waals surface area contributed by atoms with Crippen LogP contribution in [0.1, 0.15) is 32.1 Å². The van der Waals surface area contributed by atoms with Gasteiger partial charge >= 0.3 is 0 Å². The van der Waals surface area contributed by atoms with E-state index in [0.717, 1.165) is 19.4 Å².